The number of carboxylic acid groups (broad SMARTS) is 1. The molecule has 0 aliphatic heterocycles. The quantitative estimate of drug-likeness (QED) is 0.677. The van der Waals surface area contributed by atoms with Crippen molar-refractivity contribution in [2.24, 2.45) is 5.90 Å². The molecule has 2 aromatic rings. The van der Waals surface area contributed by atoms with Crippen molar-refractivity contribution in [1.82, 2.24) is 0 Å². The predicted octanol–water partition coefficient (Wildman–Crippen LogP) is 2.23. The molecule has 2 aliphatic rings. The predicted molar refractivity (Wildman–Crippen MR) is 67.5 cm³/mol. The largest absolute Gasteiger partial charge is 0.478 e. The average Bonchev–Trinajstić information content (AvgIpc) is 2.39. The molecule has 0 heterocycles. The van der Waals surface area contributed by atoms with Crippen LogP contribution in [-0.2, 0) is 6.42 Å². The van der Waals surface area contributed by atoms with Crippen LogP contribution in [0.4, 0.5) is 0 Å². The summed E-state index contributed by atoms with van der Waals surface area (Å²) < 4.78 is 0. The highest BCUT2D eigenvalue weighted by Crippen LogP contribution is 2.19. The van der Waals surface area contributed by atoms with E-state index in [1.54, 1.807) is 12.1 Å². The molecule has 4 rings (SSSR count). The molecule has 2 bridgehead atoms. The van der Waals surface area contributed by atoms with Crippen LogP contribution in [0, 0.1) is 0 Å². The fourth-order valence-corrected chi connectivity index (χ4v) is 1.70. The van der Waals surface area contributed by atoms with Crippen LogP contribution in [0.2, 0.25) is 0 Å². The molecule has 0 aromatic heterocycles. The van der Waals surface area contributed by atoms with Gasteiger partial charge in [0, 0.05) is 0 Å². The Morgan fingerprint density at radius 2 is 1.72 bits per heavy atom. The van der Waals surface area contributed by atoms with Gasteiger partial charge in [0.1, 0.15) is 5.56 Å². The van der Waals surface area contributed by atoms with E-state index in [9.17, 15) is 4.79 Å². The average molecular weight is 243 g/mol. The Hall–Kier alpha value is -2.33. The molecule has 0 fully saturated rings. The van der Waals surface area contributed by atoms with Crippen LogP contribution in [0.1, 0.15) is 21.5 Å². The molecular formula is C14H13NO3. The third kappa shape index (κ3) is 2.67. The second-order valence-electron chi connectivity index (χ2n) is 3.92. The van der Waals surface area contributed by atoms with E-state index in [0.29, 0.717) is 0 Å². The van der Waals surface area contributed by atoms with Crippen molar-refractivity contribution < 1.29 is 14.7 Å². The Kier molecular flexibility index (Phi) is 3.60. The van der Waals surface area contributed by atoms with Crippen molar-refractivity contribution in [3.8, 4) is 5.75 Å². The van der Waals surface area contributed by atoms with E-state index in [-0.39, 0.29) is 11.3 Å². The van der Waals surface area contributed by atoms with Gasteiger partial charge >= 0.3 is 5.97 Å². The number of benzene rings is 2. The van der Waals surface area contributed by atoms with E-state index < -0.39 is 5.97 Å². The molecule has 0 radical (unpaired) electrons. The third-order valence-corrected chi connectivity index (χ3v) is 2.64. The number of para-hydroxylation sites is 1. The normalized spacial score (nSPS) is 10.7. The number of carbonyl (C=O) groups is 1. The van der Waals surface area contributed by atoms with E-state index in [4.69, 9.17) is 11.0 Å². The van der Waals surface area contributed by atoms with Gasteiger partial charge in [-0.3, -0.25) is 0 Å². The summed E-state index contributed by atoms with van der Waals surface area (Å²) in [5.41, 5.74) is 3.03. The number of fused-ring (bicyclic) bond motifs is 2. The molecule has 0 saturated heterocycles. The van der Waals surface area contributed by atoms with Gasteiger partial charge in [0.2, 0.25) is 0 Å². The number of hydrogen-bond acceptors (Lipinski definition) is 3. The lowest BCUT2D eigenvalue weighted by Gasteiger charge is -2.11. The standard InChI is InChI=1S/C7H7NO3.C7H6/c8-11-6-4-2-1-3-5(6)7(9)10;1-2-6-4-7(3-1)5-6/h1-4H,8H2,(H,9,10);1-4H,5H2. The first kappa shape index (κ1) is 12.1. The minimum atomic E-state index is -1.05. The molecule has 4 heteroatoms. The Morgan fingerprint density at radius 3 is 2.06 bits per heavy atom. The lowest BCUT2D eigenvalue weighted by atomic mass is 9.94. The maximum atomic E-state index is 10.4. The topological polar surface area (TPSA) is 72.5 Å². The Labute approximate surface area is 105 Å². The van der Waals surface area contributed by atoms with Crippen LogP contribution in [0.3, 0.4) is 0 Å². The summed E-state index contributed by atoms with van der Waals surface area (Å²) in [7, 11) is 0. The Morgan fingerprint density at radius 1 is 1.11 bits per heavy atom. The fraction of sp³-hybridized carbons (Fsp3) is 0.0714. The van der Waals surface area contributed by atoms with Gasteiger partial charge in [0.25, 0.3) is 0 Å². The lowest BCUT2D eigenvalue weighted by Crippen LogP contribution is -2.07. The first-order valence-corrected chi connectivity index (χ1v) is 5.47. The lowest BCUT2D eigenvalue weighted by molar-refractivity contribution is 0.0692. The highest BCUT2D eigenvalue weighted by Gasteiger charge is 2.08. The van der Waals surface area contributed by atoms with E-state index in [1.807, 2.05) is 0 Å². The fourth-order valence-electron chi connectivity index (χ4n) is 1.70. The minimum Gasteiger partial charge on any atom is -0.478 e. The Balaban J connectivity index is 0.000000146. The molecule has 0 amide bonds. The number of carboxylic acids is 1. The van der Waals surface area contributed by atoms with Gasteiger partial charge in [-0.25, -0.2) is 4.79 Å². The van der Waals surface area contributed by atoms with E-state index in [2.05, 4.69) is 29.1 Å². The first-order chi connectivity index (χ1) is 8.70. The molecule has 0 unspecified atom stereocenters. The van der Waals surface area contributed by atoms with E-state index in [0.717, 1.165) is 0 Å². The molecule has 2 aromatic carbocycles. The molecule has 2 aliphatic carbocycles. The summed E-state index contributed by atoms with van der Waals surface area (Å²) in [5.74, 6) is 3.94. The summed E-state index contributed by atoms with van der Waals surface area (Å²) in [4.78, 5) is 14.8. The smallest absolute Gasteiger partial charge is 0.339 e. The van der Waals surface area contributed by atoms with Crippen LogP contribution < -0.4 is 10.7 Å². The van der Waals surface area contributed by atoms with E-state index in [1.165, 1.54) is 29.7 Å². The number of hydrogen-bond donors (Lipinski definition) is 2. The molecule has 0 saturated carbocycles. The number of nitrogens with two attached hydrogens (primary N) is 1. The highest BCUT2D eigenvalue weighted by molar-refractivity contribution is 5.90. The van der Waals surface area contributed by atoms with Crippen LogP contribution in [0.25, 0.3) is 0 Å². The van der Waals surface area contributed by atoms with Crippen LogP contribution in [-0.4, -0.2) is 11.1 Å². The summed E-state index contributed by atoms with van der Waals surface area (Å²) in [6.45, 7) is 0. The van der Waals surface area contributed by atoms with Crippen molar-refractivity contribution in [3.05, 3.63) is 65.2 Å². The molecule has 18 heavy (non-hydrogen) atoms. The van der Waals surface area contributed by atoms with Crippen molar-refractivity contribution in [2.45, 2.75) is 6.42 Å². The van der Waals surface area contributed by atoms with Gasteiger partial charge in [-0.15, -0.1) is 0 Å². The van der Waals surface area contributed by atoms with Gasteiger partial charge in [-0.05, 0) is 29.7 Å². The summed E-state index contributed by atoms with van der Waals surface area (Å²) in [5, 5.41) is 8.56. The minimum absolute atomic E-state index is 0.0648. The van der Waals surface area contributed by atoms with Crippen LogP contribution >= 0.6 is 0 Å². The molecule has 0 spiro atoms. The highest BCUT2D eigenvalue weighted by atomic mass is 16.6. The molecule has 0 atom stereocenters. The maximum Gasteiger partial charge on any atom is 0.339 e. The molecule has 92 valence electrons. The monoisotopic (exact) mass is 243 g/mol. The Bertz CT molecular complexity index is 542. The summed E-state index contributed by atoms with van der Waals surface area (Å²) >= 11 is 0. The van der Waals surface area contributed by atoms with Crippen LogP contribution in [0.15, 0.2) is 48.5 Å². The van der Waals surface area contributed by atoms with Crippen molar-refractivity contribution in [3.63, 3.8) is 0 Å². The number of aromatic carboxylic acids is 1. The van der Waals surface area contributed by atoms with Crippen molar-refractivity contribution >= 4 is 5.97 Å². The summed E-state index contributed by atoms with van der Waals surface area (Å²) in [6, 6.07) is 14.8. The zero-order valence-corrected chi connectivity index (χ0v) is 9.67. The SMILES string of the molecule is NOc1ccccc1C(=O)O.c1cc2cc(c1)C2. The maximum absolute atomic E-state index is 10.4. The second kappa shape index (κ2) is 5.33. The zero-order chi connectivity index (χ0) is 13.0. The third-order valence-electron chi connectivity index (χ3n) is 2.64. The number of rotatable bonds is 2. The molecular weight excluding hydrogens is 230 g/mol. The van der Waals surface area contributed by atoms with Gasteiger partial charge in [-0.1, -0.05) is 36.4 Å². The van der Waals surface area contributed by atoms with Crippen molar-refractivity contribution in [1.29, 1.82) is 0 Å². The molecule has 4 nitrogen and oxygen atoms in total. The van der Waals surface area contributed by atoms with Gasteiger partial charge in [-0.2, -0.15) is 5.90 Å². The van der Waals surface area contributed by atoms with Crippen LogP contribution in [0.5, 0.6) is 5.75 Å². The van der Waals surface area contributed by atoms with Gasteiger partial charge in [0.15, 0.2) is 5.75 Å². The first-order valence-electron chi connectivity index (χ1n) is 5.47. The summed E-state index contributed by atoms with van der Waals surface area (Å²) in [6.07, 6.45) is 1.22. The molecule has 3 N–H and O–H groups in total. The zero-order valence-electron chi connectivity index (χ0n) is 9.67. The van der Waals surface area contributed by atoms with Gasteiger partial charge in [0.05, 0.1) is 0 Å². The van der Waals surface area contributed by atoms with Crippen molar-refractivity contribution in [2.75, 3.05) is 0 Å². The van der Waals surface area contributed by atoms with Gasteiger partial charge < -0.3 is 9.94 Å². The van der Waals surface area contributed by atoms with E-state index >= 15 is 0 Å². The second-order valence-corrected chi connectivity index (χ2v) is 3.92.